The van der Waals surface area contributed by atoms with Crippen LogP contribution >= 0.6 is 0 Å². The summed E-state index contributed by atoms with van der Waals surface area (Å²) < 4.78 is 26.5. The van der Waals surface area contributed by atoms with Crippen molar-refractivity contribution in [1.82, 2.24) is 9.21 Å². The molecule has 1 fully saturated rings. The molecule has 1 aromatic carbocycles. The molecule has 0 aliphatic carbocycles. The monoisotopic (exact) mass is 310 g/mol. The lowest BCUT2D eigenvalue weighted by Crippen LogP contribution is -2.49. The lowest BCUT2D eigenvalue weighted by molar-refractivity contribution is -0.129. The molecule has 0 aromatic heterocycles. The van der Waals surface area contributed by atoms with E-state index in [9.17, 15) is 18.0 Å². The van der Waals surface area contributed by atoms with Gasteiger partial charge >= 0.3 is 0 Å². The molecule has 1 heterocycles. The quantitative estimate of drug-likeness (QED) is 0.772. The SMILES string of the molecule is CC(=O)c1cccc(S(=O)(=O)N2CCN(C(C)=O)CC2)c1. The molecule has 1 amide bonds. The lowest BCUT2D eigenvalue weighted by atomic mass is 10.2. The molecule has 114 valence electrons. The van der Waals surface area contributed by atoms with E-state index in [0.29, 0.717) is 18.7 Å². The van der Waals surface area contributed by atoms with E-state index < -0.39 is 10.0 Å². The number of hydrogen-bond donors (Lipinski definition) is 0. The number of rotatable bonds is 3. The van der Waals surface area contributed by atoms with Gasteiger partial charge in [0.15, 0.2) is 5.78 Å². The number of Topliss-reactive ketones (excluding diaryl/α,β-unsaturated/α-hetero) is 1. The zero-order valence-corrected chi connectivity index (χ0v) is 12.9. The molecule has 0 atom stereocenters. The maximum Gasteiger partial charge on any atom is 0.243 e. The third-order valence-electron chi connectivity index (χ3n) is 3.56. The molecule has 0 unspecified atom stereocenters. The third-order valence-corrected chi connectivity index (χ3v) is 5.46. The van der Waals surface area contributed by atoms with Gasteiger partial charge in [-0.2, -0.15) is 4.31 Å². The van der Waals surface area contributed by atoms with Crippen LogP contribution in [-0.2, 0) is 14.8 Å². The van der Waals surface area contributed by atoms with Crippen molar-refractivity contribution in [3.05, 3.63) is 29.8 Å². The number of hydrogen-bond acceptors (Lipinski definition) is 4. The summed E-state index contributed by atoms with van der Waals surface area (Å²) in [5, 5.41) is 0. The highest BCUT2D eigenvalue weighted by atomic mass is 32.2. The van der Waals surface area contributed by atoms with Crippen molar-refractivity contribution in [3.8, 4) is 0 Å². The Hall–Kier alpha value is -1.73. The fourth-order valence-electron chi connectivity index (χ4n) is 2.27. The third kappa shape index (κ3) is 3.30. The van der Waals surface area contributed by atoms with Crippen molar-refractivity contribution in [2.75, 3.05) is 26.2 Å². The van der Waals surface area contributed by atoms with Crippen LogP contribution in [0.1, 0.15) is 24.2 Å². The largest absolute Gasteiger partial charge is 0.340 e. The molecule has 0 bridgehead atoms. The molecule has 1 aliphatic heterocycles. The van der Waals surface area contributed by atoms with Crippen molar-refractivity contribution in [2.24, 2.45) is 0 Å². The first kappa shape index (κ1) is 15.7. The topological polar surface area (TPSA) is 74.8 Å². The first-order valence-corrected chi connectivity index (χ1v) is 8.13. The number of benzene rings is 1. The Bertz CT molecular complexity index is 661. The van der Waals surface area contributed by atoms with Crippen LogP contribution in [0.3, 0.4) is 0 Å². The van der Waals surface area contributed by atoms with Crippen LogP contribution in [0.15, 0.2) is 29.2 Å². The predicted octanol–water partition coefficient (Wildman–Crippen LogP) is 0.742. The van der Waals surface area contributed by atoms with Crippen LogP contribution in [0.4, 0.5) is 0 Å². The molecule has 0 spiro atoms. The fourth-order valence-corrected chi connectivity index (χ4v) is 3.74. The molecule has 0 N–H and O–H groups in total. The van der Waals surface area contributed by atoms with E-state index in [-0.39, 0.29) is 29.7 Å². The summed E-state index contributed by atoms with van der Waals surface area (Å²) in [4.78, 5) is 24.4. The van der Waals surface area contributed by atoms with Crippen LogP contribution in [0.5, 0.6) is 0 Å². The van der Waals surface area contributed by atoms with Gasteiger partial charge in [0.25, 0.3) is 0 Å². The molecular formula is C14H18N2O4S. The number of carbonyl (C=O) groups is 2. The van der Waals surface area contributed by atoms with E-state index >= 15 is 0 Å². The van der Waals surface area contributed by atoms with E-state index in [1.165, 1.54) is 30.3 Å². The first-order valence-electron chi connectivity index (χ1n) is 6.69. The number of ketones is 1. The van der Waals surface area contributed by atoms with Gasteiger partial charge in [-0.3, -0.25) is 9.59 Å². The highest BCUT2D eigenvalue weighted by Gasteiger charge is 2.29. The maximum atomic E-state index is 12.5. The van der Waals surface area contributed by atoms with E-state index in [2.05, 4.69) is 0 Å². The summed E-state index contributed by atoms with van der Waals surface area (Å²) in [6, 6.07) is 6.04. The molecule has 6 nitrogen and oxygen atoms in total. The van der Waals surface area contributed by atoms with E-state index in [1.807, 2.05) is 0 Å². The van der Waals surface area contributed by atoms with Gasteiger partial charge in [0.05, 0.1) is 4.90 Å². The second kappa shape index (κ2) is 5.95. The van der Waals surface area contributed by atoms with Crippen LogP contribution in [-0.4, -0.2) is 55.5 Å². The van der Waals surface area contributed by atoms with E-state index in [1.54, 1.807) is 17.0 Å². The Labute approximate surface area is 124 Å². The molecule has 0 saturated carbocycles. The van der Waals surface area contributed by atoms with Gasteiger partial charge in [0, 0.05) is 38.7 Å². The van der Waals surface area contributed by atoms with Crippen molar-refractivity contribution < 1.29 is 18.0 Å². The van der Waals surface area contributed by atoms with Crippen LogP contribution in [0.2, 0.25) is 0 Å². The minimum Gasteiger partial charge on any atom is -0.340 e. The van der Waals surface area contributed by atoms with Crippen LogP contribution < -0.4 is 0 Å². The zero-order chi connectivity index (χ0) is 15.6. The molecule has 1 aromatic rings. The highest BCUT2D eigenvalue weighted by molar-refractivity contribution is 7.89. The molecule has 2 rings (SSSR count). The van der Waals surface area contributed by atoms with Gasteiger partial charge < -0.3 is 4.90 Å². The normalized spacial score (nSPS) is 16.8. The second-order valence-electron chi connectivity index (χ2n) is 4.99. The zero-order valence-electron chi connectivity index (χ0n) is 12.1. The van der Waals surface area contributed by atoms with E-state index in [0.717, 1.165) is 0 Å². The number of amides is 1. The second-order valence-corrected chi connectivity index (χ2v) is 6.93. The lowest BCUT2D eigenvalue weighted by Gasteiger charge is -2.33. The van der Waals surface area contributed by atoms with Crippen molar-refractivity contribution >= 4 is 21.7 Å². The summed E-state index contributed by atoms with van der Waals surface area (Å²) in [6.45, 7) is 4.19. The molecule has 1 aliphatic rings. The van der Waals surface area contributed by atoms with Gasteiger partial charge in [-0.1, -0.05) is 12.1 Å². The fraction of sp³-hybridized carbons (Fsp3) is 0.429. The number of carbonyl (C=O) groups excluding carboxylic acids is 2. The summed E-state index contributed by atoms with van der Waals surface area (Å²) in [7, 11) is -3.62. The van der Waals surface area contributed by atoms with Gasteiger partial charge in [-0.05, 0) is 19.1 Å². The minimum atomic E-state index is -3.62. The molecule has 21 heavy (non-hydrogen) atoms. The van der Waals surface area contributed by atoms with Gasteiger partial charge in [-0.25, -0.2) is 8.42 Å². The number of nitrogens with zero attached hydrogens (tertiary/aromatic N) is 2. The van der Waals surface area contributed by atoms with Crippen LogP contribution in [0.25, 0.3) is 0 Å². The molecule has 7 heteroatoms. The number of piperazine rings is 1. The first-order chi connectivity index (χ1) is 9.82. The standard InChI is InChI=1S/C14H18N2O4S/c1-11(17)13-4-3-5-14(10-13)21(19,20)16-8-6-15(7-9-16)12(2)18/h3-5,10H,6-9H2,1-2H3. The minimum absolute atomic E-state index is 0.0503. The smallest absolute Gasteiger partial charge is 0.243 e. The van der Waals surface area contributed by atoms with E-state index in [4.69, 9.17) is 0 Å². The summed E-state index contributed by atoms with van der Waals surface area (Å²) in [5.74, 6) is -0.223. The Morgan fingerprint density at radius 3 is 2.19 bits per heavy atom. The highest BCUT2D eigenvalue weighted by Crippen LogP contribution is 2.19. The van der Waals surface area contributed by atoms with Gasteiger partial charge in [0.2, 0.25) is 15.9 Å². The number of sulfonamides is 1. The average Bonchev–Trinajstić information content (AvgIpc) is 2.47. The molecule has 0 radical (unpaired) electrons. The Morgan fingerprint density at radius 2 is 1.67 bits per heavy atom. The summed E-state index contributed by atoms with van der Waals surface area (Å²) in [6.07, 6.45) is 0. The van der Waals surface area contributed by atoms with Gasteiger partial charge in [-0.15, -0.1) is 0 Å². The van der Waals surface area contributed by atoms with Crippen molar-refractivity contribution in [2.45, 2.75) is 18.7 Å². The van der Waals surface area contributed by atoms with Crippen molar-refractivity contribution in [3.63, 3.8) is 0 Å². The Morgan fingerprint density at radius 1 is 1.05 bits per heavy atom. The van der Waals surface area contributed by atoms with Crippen LogP contribution in [0, 0.1) is 0 Å². The maximum absolute atomic E-state index is 12.5. The Kier molecular flexibility index (Phi) is 4.43. The average molecular weight is 310 g/mol. The predicted molar refractivity (Wildman–Crippen MR) is 77.5 cm³/mol. The molecular weight excluding hydrogens is 292 g/mol. The molecule has 1 saturated heterocycles. The van der Waals surface area contributed by atoms with Crippen molar-refractivity contribution in [1.29, 1.82) is 0 Å². The summed E-state index contributed by atoms with van der Waals surface area (Å²) in [5.41, 5.74) is 0.374. The summed E-state index contributed by atoms with van der Waals surface area (Å²) >= 11 is 0. The van der Waals surface area contributed by atoms with Gasteiger partial charge in [0.1, 0.15) is 0 Å². The Balaban J connectivity index is 2.21.